The van der Waals surface area contributed by atoms with Crippen LogP contribution in [0, 0.1) is 34.5 Å². The second-order valence-electron chi connectivity index (χ2n) is 8.43. The van der Waals surface area contributed by atoms with Crippen LogP contribution in [-0.2, 0) is 0 Å². The van der Waals surface area contributed by atoms with Crippen LogP contribution in [0.15, 0.2) is 0 Å². The normalized spacial score (nSPS) is 46.2. The molecule has 1 atom stereocenters. The third-order valence-electron chi connectivity index (χ3n) is 6.11. The fraction of sp³-hybridized carbons (Fsp3) is 1.00. The minimum atomic E-state index is 0.389. The van der Waals surface area contributed by atoms with Gasteiger partial charge in [-0.1, -0.05) is 20.8 Å². The summed E-state index contributed by atoms with van der Waals surface area (Å²) in [6, 6.07) is 0. The van der Waals surface area contributed by atoms with Crippen molar-refractivity contribution in [3.63, 3.8) is 0 Å². The van der Waals surface area contributed by atoms with Crippen LogP contribution in [0.4, 0.5) is 0 Å². The summed E-state index contributed by atoms with van der Waals surface area (Å²) in [5, 5.41) is 0. The van der Waals surface area contributed by atoms with Crippen LogP contribution in [-0.4, -0.2) is 6.54 Å². The summed E-state index contributed by atoms with van der Waals surface area (Å²) >= 11 is 0. The van der Waals surface area contributed by atoms with Crippen molar-refractivity contribution in [2.45, 2.75) is 59.3 Å². The zero-order chi connectivity index (χ0) is 12.3. The molecule has 4 aliphatic carbocycles. The van der Waals surface area contributed by atoms with Crippen LogP contribution in [0.25, 0.3) is 0 Å². The number of hydrogen-bond acceptors (Lipinski definition) is 1. The first-order valence-electron chi connectivity index (χ1n) is 7.63. The topological polar surface area (TPSA) is 26.0 Å². The third kappa shape index (κ3) is 1.85. The van der Waals surface area contributed by atoms with Crippen LogP contribution >= 0.6 is 0 Å². The fourth-order valence-electron chi connectivity index (χ4n) is 6.13. The minimum absolute atomic E-state index is 0.389. The average Bonchev–Trinajstić information content (AvgIpc) is 2.12. The van der Waals surface area contributed by atoms with Gasteiger partial charge in [0, 0.05) is 0 Å². The van der Waals surface area contributed by atoms with E-state index >= 15 is 0 Å². The number of hydrogen-bond donors (Lipinski definition) is 1. The second-order valence-corrected chi connectivity index (χ2v) is 8.43. The lowest BCUT2D eigenvalue weighted by Crippen LogP contribution is -2.54. The van der Waals surface area contributed by atoms with Crippen LogP contribution in [0.2, 0.25) is 0 Å². The molecule has 0 radical (unpaired) electrons. The van der Waals surface area contributed by atoms with Gasteiger partial charge < -0.3 is 5.73 Å². The van der Waals surface area contributed by atoms with Gasteiger partial charge in [0.2, 0.25) is 0 Å². The van der Waals surface area contributed by atoms with E-state index in [1.54, 1.807) is 19.3 Å². The van der Waals surface area contributed by atoms with E-state index in [4.69, 9.17) is 5.73 Å². The molecule has 1 nitrogen and oxygen atoms in total. The lowest BCUT2D eigenvalue weighted by Gasteiger charge is -2.61. The summed E-state index contributed by atoms with van der Waals surface area (Å²) in [5.74, 6) is 3.90. The van der Waals surface area contributed by atoms with Gasteiger partial charge in [-0.3, -0.25) is 0 Å². The SMILES string of the molecule is CC(C)(C)C(CN)C12CC3CC(CC(C3)C1)C2. The van der Waals surface area contributed by atoms with Gasteiger partial charge in [-0.15, -0.1) is 0 Å². The summed E-state index contributed by atoms with van der Waals surface area (Å²) < 4.78 is 0. The average molecular weight is 235 g/mol. The summed E-state index contributed by atoms with van der Waals surface area (Å²) in [4.78, 5) is 0. The smallest absolute Gasteiger partial charge is 0.00385 e. The Labute approximate surface area is 107 Å². The van der Waals surface area contributed by atoms with Crippen molar-refractivity contribution in [1.82, 2.24) is 0 Å². The van der Waals surface area contributed by atoms with E-state index in [9.17, 15) is 0 Å². The third-order valence-corrected chi connectivity index (χ3v) is 6.11. The highest BCUT2D eigenvalue weighted by atomic mass is 14.7. The highest BCUT2D eigenvalue weighted by molar-refractivity contribution is 5.06. The first-order chi connectivity index (χ1) is 7.93. The lowest BCUT2D eigenvalue weighted by molar-refractivity contribution is -0.110. The quantitative estimate of drug-likeness (QED) is 0.773. The van der Waals surface area contributed by atoms with Gasteiger partial charge in [0.1, 0.15) is 0 Å². The minimum Gasteiger partial charge on any atom is -0.330 e. The number of rotatable bonds is 2. The highest BCUT2D eigenvalue weighted by Gasteiger charge is 2.55. The predicted octanol–water partition coefficient (Wildman–Crippen LogP) is 3.82. The van der Waals surface area contributed by atoms with E-state index in [0.717, 1.165) is 30.2 Å². The van der Waals surface area contributed by atoms with Crippen molar-refractivity contribution in [1.29, 1.82) is 0 Å². The monoisotopic (exact) mass is 235 g/mol. The van der Waals surface area contributed by atoms with Crippen molar-refractivity contribution in [3.8, 4) is 0 Å². The molecular formula is C16H29N. The van der Waals surface area contributed by atoms with Crippen molar-refractivity contribution in [2.24, 2.45) is 40.2 Å². The zero-order valence-electron chi connectivity index (χ0n) is 11.8. The second kappa shape index (κ2) is 3.73. The molecule has 17 heavy (non-hydrogen) atoms. The Bertz CT molecular complexity index is 264. The van der Waals surface area contributed by atoms with Crippen molar-refractivity contribution < 1.29 is 0 Å². The van der Waals surface area contributed by atoms with Gasteiger partial charge in [-0.25, -0.2) is 0 Å². The van der Waals surface area contributed by atoms with Crippen LogP contribution in [0.1, 0.15) is 59.3 Å². The van der Waals surface area contributed by atoms with E-state index in [0.29, 0.717) is 10.8 Å². The zero-order valence-corrected chi connectivity index (χ0v) is 11.8. The Hall–Kier alpha value is -0.0400. The van der Waals surface area contributed by atoms with Gasteiger partial charge in [-0.2, -0.15) is 0 Å². The molecule has 0 aliphatic heterocycles. The summed E-state index contributed by atoms with van der Waals surface area (Å²) in [6.45, 7) is 8.12. The van der Waals surface area contributed by atoms with Gasteiger partial charge >= 0.3 is 0 Å². The summed E-state index contributed by atoms with van der Waals surface area (Å²) in [7, 11) is 0. The molecule has 0 aromatic rings. The van der Waals surface area contributed by atoms with E-state index in [2.05, 4.69) is 20.8 Å². The molecule has 2 N–H and O–H groups in total. The molecule has 4 fully saturated rings. The molecule has 0 saturated heterocycles. The summed E-state index contributed by atoms with van der Waals surface area (Å²) in [5.41, 5.74) is 7.20. The first-order valence-corrected chi connectivity index (χ1v) is 7.63. The van der Waals surface area contributed by atoms with E-state index in [1.807, 2.05) is 0 Å². The molecule has 1 unspecified atom stereocenters. The Balaban J connectivity index is 1.90. The number of nitrogens with two attached hydrogens (primary N) is 1. The van der Waals surface area contributed by atoms with Crippen molar-refractivity contribution in [3.05, 3.63) is 0 Å². The molecule has 0 heterocycles. The molecule has 1 heteroatoms. The largest absolute Gasteiger partial charge is 0.330 e. The van der Waals surface area contributed by atoms with Crippen LogP contribution < -0.4 is 5.73 Å². The van der Waals surface area contributed by atoms with Gasteiger partial charge in [0.25, 0.3) is 0 Å². The maximum atomic E-state index is 6.18. The highest BCUT2D eigenvalue weighted by Crippen LogP contribution is 2.64. The van der Waals surface area contributed by atoms with Gasteiger partial charge in [-0.05, 0) is 79.6 Å². The Kier molecular flexibility index (Phi) is 2.63. The van der Waals surface area contributed by atoms with Crippen LogP contribution in [0.3, 0.4) is 0 Å². The molecule has 98 valence electrons. The Morgan fingerprint density at radius 1 is 1.00 bits per heavy atom. The van der Waals surface area contributed by atoms with Gasteiger partial charge in [0.05, 0.1) is 0 Å². The van der Waals surface area contributed by atoms with Crippen molar-refractivity contribution in [2.75, 3.05) is 6.54 Å². The van der Waals surface area contributed by atoms with E-state index in [1.165, 1.54) is 19.3 Å². The van der Waals surface area contributed by atoms with Gasteiger partial charge in [0.15, 0.2) is 0 Å². The van der Waals surface area contributed by atoms with Crippen molar-refractivity contribution >= 4 is 0 Å². The summed E-state index contributed by atoms with van der Waals surface area (Å²) in [6.07, 6.45) is 9.12. The lowest BCUT2D eigenvalue weighted by atomic mass is 9.44. The molecule has 4 aliphatic rings. The van der Waals surface area contributed by atoms with Crippen LogP contribution in [0.5, 0.6) is 0 Å². The molecule has 4 bridgehead atoms. The molecule has 4 saturated carbocycles. The van der Waals surface area contributed by atoms with E-state index in [-0.39, 0.29) is 0 Å². The predicted molar refractivity (Wildman–Crippen MR) is 72.6 cm³/mol. The molecule has 0 aromatic heterocycles. The maximum Gasteiger partial charge on any atom is -0.00385 e. The van der Waals surface area contributed by atoms with E-state index < -0.39 is 0 Å². The Morgan fingerprint density at radius 2 is 1.41 bits per heavy atom. The fourth-order valence-corrected chi connectivity index (χ4v) is 6.13. The first kappa shape index (κ1) is 12.0. The molecule has 4 rings (SSSR count). The molecular weight excluding hydrogens is 206 g/mol. The maximum absolute atomic E-state index is 6.18. The molecule has 0 amide bonds. The molecule has 0 aromatic carbocycles. The molecule has 0 spiro atoms. The standard InChI is InChI=1S/C16H29N/c1-15(2,3)14(10-17)16-7-11-4-12(8-16)6-13(5-11)9-16/h11-14H,4-10,17H2,1-3H3. The Morgan fingerprint density at radius 3 is 1.71 bits per heavy atom.